The third kappa shape index (κ3) is 2.67. The monoisotopic (exact) mass is 250 g/mol. The molecule has 0 aliphatic heterocycles. The number of hydrogen-bond donors (Lipinski definition) is 0. The summed E-state index contributed by atoms with van der Waals surface area (Å²) in [6.07, 6.45) is -11.5. The molecular formula is C8H8F6O2. The summed E-state index contributed by atoms with van der Waals surface area (Å²) in [7, 11) is 0. The molecule has 0 aromatic heterocycles. The minimum absolute atomic E-state index is 0.256. The molecular weight excluding hydrogens is 242 g/mol. The standard InChI is InChI=1S/C8H8F6O2/c1-4(2)5(15)16-6(3,7(9,10)11)8(12,13)14/h1H2,2-3H3. The molecule has 0 saturated heterocycles. The van der Waals surface area contributed by atoms with E-state index in [1.807, 2.05) is 0 Å². The number of ether oxygens (including phenoxy) is 1. The van der Waals surface area contributed by atoms with Gasteiger partial charge in [-0.05, 0) is 13.8 Å². The number of carbonyl (C=O) groups is 1. The second kappa shape index (κ2) is 3.99. The molecule has 8 heteroatoms. The maximum absolute atomic E-state index is 12.2. The van der Waals surface area contributed by atoms with Crippen molar-refractivity contribution in [1.29, 1.82) is 0 Å². The van der Waals surface area contributed by atoms with Gasteiger partial charge in [0.2, 0.25) is 0 Å². The molecule has 0 heterocycles. The van der Waals surface area contributed by atoms with Crippen molar-refractivity contribution in [3.63, 3.8) is 0 Å². The first-order chi connectivity index (χ1) is 6.83. The summed E-state index contributed by atoms with van der Waals surface area (Å²) in [5.41, 5.74) is -5.09. The van der Waals surface area contributed by atoms with Crippen LogP contribution in [0.1, 0.15) is 13.8 Å². The van der Waals surface area contributed by atoms with Gasteiger partial charge in [0.15, 0.2) is 0 Å². The first-order valence-electron chi connectivity index (χ1n) is 3.85. The Bertz CT molecular complexity index is 287. The molecule has 0 amide bonds. The van der Waals surface area contributed by atoms with Crippen LogP contribution in [0.5, 0.6) is 0 Å². The van der Waals surface area contributed by atoms with E-state index in [2.05, 4.69) is 11.3 Å². The number of esters is 1. The first-order valence-corrected chi connectivity index (χ1v) is 3.85. The second-order valence-electron chi connectivity index (χ2n) is 3.20. The van der Waals surface area contributed by atoms with Crippen molar-refractivity contribution >= 4 is 5.97 Å². The molecule has 0 aromatic carbocycles. The quantitative estimate of drug-likeness (QED) is 0.428. The molecule has 0 radical (unpaired) electrons. The summed E-state index contributed by atoms with van der Waals surface area (Å²) in [6, 6.07) is 0. The van der Waals surface area contributed by atoms with Crippen molar-refractivity contribution in [3.05, 3.63) is 12.2 Å². The number of carbonyl (C=O) groups excluding carboxylic acids is 1. The fraction of sp³-hybridized carbons (Fsp3) is 0.625. The molecule has 94 valence electrons. The van der Waals surface area contributed by atoms with Crippen molar-refractivity contribution in [2.75, 3.05) is 0 Å². The summed E-state index contributed by atoms with van der Waals surface area (Å²) >= 11 is 0. The van der Waals surface area contributed by atoms with Gasteiger partial charge in [0, 0.05) is 5.57 Å². The van der Waals surface area contributed by atoms with Gasteiger partial charge in [-0.2, -0.15) is 26.3 Å². The lowest BCUT2D eigenvalue weighted by Gasteiger charge is -2.33. The van der Waals surface area contributed by atoms with Gasteiger partial charge < -0.3 is 4.74 Å². The Kier molecular flexibility index (Phi) is 3.68. The van der Waals surface area contributed by atoms with Crippen LogP contribution >= 0.6 is 0 Å². The lowest BCUT2D eigenvalue weighted by atomic mass is 10.1. The van der Waals surface area contributed by atoms with Crippen LogP contribution in [0.25, 0.3) is 0 Å². The molecule has 16 heavy (non-hydrogen) atoms. The molecule has 0 aliphatic rings. The van der Waals surface area contributed by atoms with Crippen LogP contribution in [0.15, 0.2) is 12.2 Å². The highest BCUT2D eigenvalue weighted by Crippen LogP contribution is 2.45. The number of rotatable bonds is 2. The number of alkyl halides is 6. The van der Waals surface area contributed by atoms with E-state index in [-0.39, 0.29) is 6.92 Å². The van der Waals surface area contributed by atoms with Crippen molar-refractivity contribution in [2.24, 2.45) is 0 Å². The van der Waals surface area contributed by atoms with E-state index < -0.39 is 29.5 Å². The van der Waals surface area contributed by atoms with Gasteiger partial charge in [0.25, 0.3) is 5.60 Å². The SMILES string of the molecule is C=C(C)C(=O)OC(C)(C(F)(F)F)C(F)(F)F. The molecule has 0 N–H and O–H groups in total. The van der Waals surface area contributed by atoms with Crippen molar-refractivity contribution < 1.29 is 35.9 Å². The van der Waals surface area contributed by atoms with Gasteiger partial charge in [-0.25, -0.2) is 4.79 Å². The van der Waals surface area contributed by atoms with E-state index in [0.717, 1.165) is 6.92 Å². The molecule has 0 aliphatic carbocycles. The Morgan fingerprint density at radius 2 is 1.38 bits per heavy atom. The number of hydrogen-bond acceptors (Lipinski definition) is 2. The highest BCUT2D eigenvalue weighted by molar-refractivity contribution is 5.87. The lowest BCUT2D eigenvalue weighted by molar-refractivity contribution is -0.362. The summed E-state index contributed by atoms with van der Waals surface area (Å²) in [5, 5.41) is 0. The minimum atomic E-state index is -5.75. The van der Waals surface area contributed by atoms with Crippen LogP contribution in [-0.2, 0) is 9.53 Å². The number of halogens is 6. The molecule has 0 aromatic rings. The van der Waals surface area contributed by atoms with Crippen molar-refractivity contribution in [1.82, 2.24) is 0 Å². The highest BCUT2D eigenvalue weighted by atomic mass is 19.4. The van der Waals surface area contributed by atoms with Crippen LogP contribution < -0.4 is 0 Å². The van der Waals surface area contributed by atoms with E-state index in [1.165, 1.54) is 0 Å². The van der Waals surface area contributed by atoms with E-state index >= 15 is 0 Å². The summed E-state index contributed by atoms with van der Waals surface area (Å²) < 4.78 is 76.6. The first kappa shape index (κ1) is 14.8. The van der Waals surface area contributed by atoms with E-state index in [9.17, 15) is 31.1 Å². The van der Waals surface area contributed by atoms with E-state index in [0.29, 0.717) is 0 Å². The third-order valence-corrected chi connectivity index (χ3v) is 1.73. The van der Waals surface area contributed by atoms with Crippen molar-refractivity contribution in [3.8, 4) is 0 Å². The summed E-state index contributed by atoms with van der Waals surface area (Å²) in [5.74, 6) is -1.75. The smallest absolute Gasteiger partial charge is 0.436 e. The zero-order valence-electron chi connectivity index (χ0n) is 8.29. The normalized spacial score (nSPS) is 13.5. The maximum atomic E-state index is 12.2. The molecule has 0 unspecified atom stereocenters. The Hall–Kier alpha value is -1.21. The zero-order chi connectivity index (χ0) is 13.4. The Morgan fingerprint density at radius 1 is 1.06 bits per heavy atom. The summed E-state index contributed by atoms with van der Waals surface area (Å²) in [6.45, 7) is 3.58. The topological polar surface area (TPSA) is 26.3 Å². The van der Waals surface area contributed by atoms with Crippen LogP contribution in [0.3, 0.4) is 0 Å². The predicted octanol–water partition coefficient (Wildman–Crippen LogP) is 2.99. The predicted molar refractivity (Wildman–Crippen MR) is 41.4 cm³/mol. The Labute approximate surface area is 86.9 Å². The van der Waals surface area contributed by atoms with Crippen LogP contribution in [-0.4, -0.2) is 23.9 Å². The molecule has 0 atom stereocenters. The zero-order valence-corrected chi connectivity index (χ0v) is 8.29. The Morgan fingerprint density at radius 3 is 1.56 bits per heavy atom. The minimum Gasteiger partial charge on any atom is -0.436 e. The van der Waals surface area contributed by atoms with E-state index in [1.54, 1.807) is 0 Å². The largest absolute Gasteiger partial charge is 0.437 e. The third-order valence-electron chi connectivity index (χ3n) is 1.73. The second-order valence-corrected chi connectivity index (χ2v) is 3.20. The molecule has 0 rings (SSSR count). The fourth-order valence-corrected chi connectivity index (χ4v) is 0.549. The summed E-state index contributed by atoms with van der Waals surface area (Å²) in [4.78, 5) is 10.7. The molecule has 0 saturated carbocycles. The van der Waals surface area contributed by atoms with Crippen LogP contribution in [0.2, 0.25) is 0 Å². The van der Waals surface area contributed by atoms with Crippen molar-refractivity contribution in [2.45, 2.75) is 31.8 Å². The average molecular weight is 250 g/mol. The van der Waals surface area contributed by atoms with Gasteiger partial charge in [0.05, 0.1) is 0 Å². The van der Waals surface area contributed by atoms with Gasteiger partial charge in [0.1, 0.15) is 0 Å². The average Bonchev–Trinajstić information content (AvgIpc) is 1.99. The van der Waals surface area contributed by atoms with E-state index in [4.69, 9.17) is 0 Å². The van der Waals surface area contributed by atoms with Gasteiger partial charge in [-0.1, -0.05) is 6.58 Å². The maximum Gasteiger partial charge on any atom is 0.437 e. The highest BCUT2D eigenvalue weighted by Gasteiger charge is 2.71. The fourth-order valence-electron chi connectivity index (χ4n) is 0.549. The van der Waals surface area contributed by atoms with Crippen LogP contribution in [0.4, 0.5) is 26.3 Å². The molecule has 0 fully saturated rings. The van der Waals surface area contributed by atoms with Gasteiger partial charge in [-0.15, -0.1) is 0 Å². The Balaban J connectivity index is 5.30. The van der Waals surface area contributed by atoms with Gasteiger partial charge >= 0.3 is 18.3 Å². The lowest BCUT2D eigenvalue weighted by Crippen LogP contribution is -2.57. The van der Waals surface area contributed by atoms with Crippen LogP contribution in [0, 0.1) is 0 Å². The molecule has 2 nitrogen and oxygen atoms in total. The molecule has 0 spiro atoms. The molecule has 0 bridgehead atoms. The van der Waals surface area contributed by atoms with Gasteiger partial charge in [-0.3, -0.25) is 0 Å².